The first-order valence-electron chi connectivity index (χ1n) is 6.05. The molecule has 0 aliphatic carbocycles. The number of halogens is 2. The van der Waals surface area contributed by atoms with Crippen LogP contribution in [0, 0.1) is 0 Å². The molecule has 0 spiro atoms. The molecule has 0 N–H and O–H groups in total. The maximum atomic E-state index is 11.0. The monoisotopic (exact) mass is 332 g/mol. The van der Waals surface area contributed by atoms with Crippen molar-refractivity contribution < 1.29 is 8.95 Å². The second-order valence-corrected chi connectivity index (χ2v) is 6.48. The van der Waals surface area contributed by atoms with Crippen LogP contribution in [0.25, 0.3) is 10.9 Å². The van der Waals surface area contributed by atoms with Gasteiger partial charge < -0.3 is 4.74 Å². The maximum Gasteiger partial charge on any atom is 0.224 e. The van der Waals surface area contributed by atoms with E-state index in [1.807, 2.05) is 6.07 Å². The number of nitrogens with zero attached hydrogens (tertiary/aromatic N) is 2. The Kier molecular flexibility index (Phi) is 5.57. The molecule has 0 saturated heterocycles. The highest BCUT2D eigenvalue weighted by atomic mass is 35.5. The van der Waals surface area contributed by atoms with Gasteiger partial charge in [-0.1, -0.05) is 11.6 Å². The predicted molar refractivity (Wildman–Crippen MR) is 83.2 cm³/mol. The number of ether oxygens (including phenoxy) is 1. The fourth-order valence-corrected chi connectivity index (χ4v) is 2.53. The Hall–Kier alpha value is -0.910. The number of fused-ring (bicyclic) bond motifs is 1. The Labute approximate surface area is 129 Å². The highest BCUT2D eigenvalue weighted by Gasteiger charge is 2.09. The normalized spacial score (nSPS) is 12.6. The summed E-state index contributed by atoms with van der Waals surface area (Å²) in [6, 6.07) is 5.34. The largest absolute Gasteiger partial charge is 0.477 e. The molecule has 0 saturated carbocycles. The molecule has 1 atom stereocenters. The zero-order valence-electron chi connectivity index (χ0n) is 10.9. The van der Waals surface area contributed by atoms with Crippen molar-refractivity contribution in [3.63, 3.8) is 0 Å². The first-order chi connectivity index (χ1) is 9.60. The van der Waals surface area contributed by atoms with Crippen molar-refractivity contribution in [2.75, 3.05) is 18.6 Å². The molecule has 20 heavy (non-hydrogen) atoms. The van der Waals surface area contributed by atoms with Gasteiger partial charge in [-0.25, -0.2) is 4.98 Å². The quantitative estimate of drug-likeness (QED) is 0.602. The fourth-order valence-electron chi connectivity index (χ4n) is 1.72. The lowest BCUT2D eigenvalue weighted by atomic mass is 10.2. The van der Waals surface area contributed by atoms with Gasteiger partial charge in [0, 0.05) is 27.8 Å². The maximum absolute atomic E-state index is 11.0. The molecule has 2 aromatic rings. The Morgan fingerprint density at radius 1 is 1.35 bits per heavy atom. The molecular weight excluding hydrogens is 319 g/mol. The van der Waals surface area contributed by atoms with Crippen LogP contribution in [0.2, 0.25) is 5.02 Å². The molecule has 0 radical (unpaired) electrons. The third-order valence-corrected chi connectivity index (χ3v) is 3.94. The minimum Gasteiger partial charge on any atom is -0.477 e. The van der Waals surface area contributed by atoms with Crippen LogP contribution in [0.3, 0.4) is 0 Å². The van der Waals surface area contributed by atoms with Crippen LogP contribution in [-0.2, 0) is 16.7 Å². The summed E-state index contributed by atoms with van der Waals surface area (Å²) in [5.41, 5.74) is 0.706. The molecule has 2 rings (SSSR count). The van der Waals surface area contributed by atoms with E-state index >= 15 is 0 Å². The summed E-state index contributed by atoms with van der Waals surface area (Å²) < 4.78 is 16.7. The number of hydrogen-bond donors (Lipinski definition) is 0. The minimum absolute atomic E-state index is 0.206. The minimum atomic E-state index is -0.811. The van der Waals surface area contributed by atoms with Gasteiger partial charge in [0.25, 0.3) is 0 Å². The zero-order chi connectivity index (χ0) is 14.5. The fraction of sp³-hybridized carbons (Fsp3) is 0.385. The molecule has 1 aromatic heterocycles. The van der Waals surface area contributed by atoms with Crippen molar-refractivity contribution in [1.29, 1.82) is 0 Å². The Morgan fingerprint density at radius 2 is 2.15 bits per heavy atom. The molecule has 0 fully saturated rings. The van der Waals surface area contributed by atoms with Gasteiger partial charge >= 0.3 is 0 Å². The molecule has 1 aromatic carbocycles. The van der Waals surface area contributed by atoms with Crippen LogP contribution in [0.5, 0.6) is 5.88 Å². The summed E-state index contributed by atoms with van der Waals surface area (Å²) >= 11 is 11.7. The van der Waals surface area contributed by atoms with Crippen molar-refractivity contribution >= 4 is 44.9 Å². The summed E-state index contributed by atoms with van der Waals surface area (Å²) in [5, 5.41) is 1.39. The van der Waals surface area contributed by atoms with Gasteiger partial charge in [-0.2, -0.15) is 4.98 Å². The number of alkyl halides is 1. The molecule has 1 unspecified atom stereocenters. The molecule has 0 aliphatic heterocycles. The first kappa shape index (κ1) is 15.5. The Balaban J connectivity index is 2.24. The SMILES string of the molecule is CS(=O)CCCOc1nc(CCl)nc2cc(Cl)ccc12. The third kappa shape index (κ3) is 4.04. The zero-order valence-corrected chi connectivity index (χ0v) is 13.3. The van der Waals surface area contributed by atoms with E-state index in [1.165, 1.54) is 0 Å². The second-order valence-electron chi connectivity index (χ2n) is 4.22. The molecule has 0 aliphatic rings. The van der Waals surface area contributed by atoms with E-state index in [2.05, 4.69) is 9.97 Å². The number of rotatable bonds is 6. The average molecular weight is 333 g/mol. The van der Waals surface area contributed by atoms with Gasteiger partial charge in [0.05, 0.1) is 23.4 Å². The molecule has 0 amide bonds. The topological polar surface area (TPSA) is 52.1 Å². The molecule has 108 valence electrons. The van der Waals surface area contributed by atoms with E-state index < -0.39 is 10.8 Å². The average Bonchev–Trinajstić information content (AvgIpc) is 2.42. The number of aromatic nitrogens is 2. The summed E-state index contributed by atoms with van der Waals surface area (Å²) in [6.45, 7) is 0.454. The Bertz CT molecular complexity index is 637. The Morgan fingerprint density at radius 3 is 2.85 bits per heavy atom. The van der Waals surface area contributed by atoms with Crippen LogP contribution in [-0.4, -0.2) is 32.8 Å². The van der Waals surface area contributed by atoms with Crippen molar-refractivity contribution in [2.45, 2.75) is 12.3 Å². The second kappa shape index (κ2) is 7.20. The van der Waals surface area contributed by atoms with Gasteiger partial charge in [0.1, 0.15) is 5.82 Å². The van der Waals surface area contributed by atoms with Crippen molar-refractivity contribution in [2.24, 2.45) is 0 Å². The van der Waals surface area contributed by atoms with Gasteiger partial charge in [0.15, 0.2) is 0 Å². The smallest absolute Gasteiger partial charge is 0.224 e. The highest BCUT2D eigenvalue weighted by Crippen LogP contribution is 2.25. The van der Waals surface area contributed by atoms with Crippen molar-refractivity contribution in [1.82, 2.24) is 9.97 Å². The van der Waals surface area contributed by atoms with Gasteiger partial charge in [-0.15, -0.1) is 11.6 Å². The van der Waals surface area contributed by atoms with E-state index in [0.717, 1.165) is 5.39 Å². The van der Waals surface area contributed by atoms with Crippen LogP contribution >= 0.6 is 23.2 Å². The van der Waals surface area contributed by atoms with E-state index in [1.54, 1.807) is 18.4 Å². The molecule has 7 heteroatoms. The van der Waals surface area contributed by atoms with E-state index in [-0.39, 0.29) is 5.88 Å². The summed E-state index contributed by atoms with van der Waals surface area (Å²) in [6.07, 6.45) is 2.38. The standard InChI is InChI=1S/C13H14Cl2N2O2S/c1-20(18)6-2-5-19-13-10-4-3-9(15)7-11(10)16-12(8-14)17-13/h3-4,7H,2,5-6,8H2,1H3. The predicted octanol–water partition coefficient (Wildman–Crippen LogP) is 3.17. The lowest BCUT2D eigenvalue weighted by molar-refractivity contribution is 0.309. The van der Waals surface area contributed by atoms with Crippen LogP contribution in [0.15, 0.2) is 18.2 Å². The number of hydrogen-bond acceptors (Lipinski definition) is 4. The third-order valence-electron chi connectivity index (χ3n) is 2.60. The van der Waals surface area contributed by atoms with Crippen LogP contribution < -0.4 is 4.74 Å². The lowest BCUT2D eigenvalue weighted by Crippen LogP contribution is -2.06. The molecule has 4 nitrogen and oxygen atoms in total. The molecular formula is C13H14Cl2N2O2S. The van der Waals surface area contributed by atoms with Crippen molar-refractivity contribution in [3.8, 4) is 5.88 Å². The molecule has 1 heterocycles. The first-order valence-corrected chi connectivity index (χ1v) is 8.69. The van der Waals surface area contributed by atoms with Crippen molar-refractivity contribution in [3.05, 3.63) is 29.0 Å². The van der Waals surface area contributed by atoms with Gasteiger partial charge in [-0.05, 0) is 24.6 Å². The summed E-state index contributed by atoms with van der Waals surface area (Å²) in [7, 11) is -0.811. The van der Waals surface area contributed by atoms with E-state index in [4.69, 9.17) is 27.9 Å². The number of benzene rings is 1. The highest BCUT2D eigenvalue weighted by molar-refractivity contribution is 7.84. The van der Waals surface area contributed by atoms with Gasteiger partial charge in [-0.3, -0.25) is 4.21 Å². The lowest BCUT2D eigenvalue weighted by Gasteiger charge is -2.09. The summed E-state index contributed by atoms with van der Waals surface area (Å²) in [4.78, 5) is 8.60. The van der Waals surface area contributed by atoms with E-state index in [0.29, 0.717) is 41.0 Å². The van der Waals surface area contributed by atoms with Crippen LogP contribution in [0.1, 0.15) is 12.2 Å². The van der Waals surface area contributed by atoms with Gasteiger partial charge in [0.2, 0.25) is 5.88 Å². The van der Waals surface area contributed by atoms with Crippen LogP contribution in [0.4, 0.5) is 0 Å². The summed E-state index contributed by atoms with van der Waals surface area (Å²) in [5.74, 6) is 1.80. The molecule has 0 bridgehead atoms. The van der Waals surface area contributed by atoms with E-state index in [9.17, 15) is 4.21 Å².